The van der Waals surface area contributed by atoms with Gasteiger partial charge in [0.25, 0.3) is 0 Å². The van der Waals surface area contributed by atoms with Crippen molar-refractivity contribution in [2.24, 2.45) is 5.73 Å². The second kappa shape index (κ2) is 10.7. The quantitative estimate of drug-likeness (QED) is 0.279. The van der Waals surface area contributed by atoms with Gasteiger partial charge in [-0.05, 0) is 49.9 Å². The van der Waals surface area contributed by atoms with Crippen molar-refractivity contribution in [1.29, 1.82) is 5.41 Å². The molecule has 0 radical (unpaired) electrons. The Labute approximate surface area is 198 Å². The molecule has 2 atom stereocenters. The highest BCUT2D eigenvalue weighted by Gasteiger charge is 2.32. The van der Waals surface area contributed by atoms with Crippen LogP contribution < -0.4 is 15.8 Å². The van der Waals surface area contributed by atoms with E-state index in [1.54, 1.807) is 36.4 Å². The molecule has 0 aliphatic carbocycles. The van der Waals surface area contributed by atoms with E-state index in [-0.39, 0.29) is 23.7 Å². The van der Waals surface area contributed by atoms with Gasteiger partial charge in [0.1, 0.15) is 11.9 Å². The summed E-state index contributed by atoms with van der Waals surface area (Å²) in [5.74, 6) is -0.579. The van der Waals surface area contributed by atoms with Crippen molar-refractivity contribution in [3.8, 4) is 0 Å². The van der Waals surface area contributed by atoms with Crippen molar-refractivity contribution in [2.45, 2.75) is 43.2 Å². The zero-order valence-electron chi connectivity index (χ0n) is 18.8. The van der Waals surface area contributed by atoms with Crippen molar-refractivity contribution >= 4 is 27.9 Å². The molecule has 0 spiro atoms. The lowest BCUT2D eigenvalue weighted by Crippen LogP contribution is -2.55. The first-order valence-electron chi connectivity index (χ1n) is 10.9. The fourth-order valence-electron chi connectivity index (χ4n) is 3.94. The monoisotopic (exact) mass is 487 g/mol. The van der Waals surface area contributed by atoms with Crippen LogP contribution in [0.15, 0.2) is 53.4 Å². The summed E-state index contributed by atoms with van der Waals surface area (Å²) in [6.45, 7) is 2.39. The number of nitrogens with one attached hydrogen (secondary N) is 3. The molecular formula is C23H29N5O5S. The van der Waals surface area contributed by atoms with Gasteiger partial charge in [-0.15, -0.1) is 0 Å². The van der Waals surface area contributed by atoms with Crippen LogP contribution in [0.5, 0.6) is 0 Å². The molecule has 11 heteroatoms. The number of amides is 2. The van der Waals surface area contributed by atoms with Gasteiger partial charge in [-0.25, -0.2) is 13.2 Å². The van der Waals surface area contributed by atoms with Crippen molar-refractivity contribution < 1.29 is 23.1 Å². The van der Waals surface area contributed by atoms with Crippen LogP contribution in [0.3, 0.4) is 0 Å². The van der Waals surface area contributed by atoms with Crippen LogP contribution in [0, 0.1) is 12.3 Å². The zero-order chi connectivity index (χ0) is 24.9. The van der Waals surface area contributed by atoms with Crippen LogP contribution in [0.25, 0.3) is 0 Å². The predicted molar refractivity (Wildman–Crippen MR) is 127 cm³/mol. The van der Waals surface area contributed by atoms with E-state index in [1.807, 2.05) is 6.92 Å². The lowest BCUT2D eigenvalue weighted by Gasteiger charge is -2.35. The summed E-state index contributed by atoms with van der Waals surface area (Å²) in [4.78, 5) is 26.0. The number of piperidine rings is 1. The number of nitrogens with two attached hydrogens (primary N) is 1. The van der Waals surface area contributed by atoms with Crippen molar-refractivity contribution in [3.63, 3.8) is 0 Å². The molecule has 1 saturated heterocycles. The predicted octanol–water partition coefficient (Wildman–Crippen LogP) is 1.43. The number of carbonyl (C=O) groups is 2. The maximum atomic E-state index is 13.5. The third-order valence-electron chi connectivity index (χ3n) is 5.67. The van der Waals surface area contributed by atoms with Gasteiger partial charge in [-0.1, -0.05) is 35.9 Å². The number of nitrogens with zero attached hydrogens (tertiary/aromatic N) is 1. The minimum absolute atomic E-state index is 0.0393. The normalized spacial score (nSPS) is 17.1. The number of hydrogen-bond acceptors (Lipinski definition) is 5. The lowest BCUT2D eigenvalue weighted by molar-refractivity contribution is -0.134. The number of rotatable bonds is 8. The number of aryl methyl sites for hydroxylation is 1. The Morgan fingerprint density at radius 1 is 1.24 bits per heavy atom. The van der Waals surface area contributed by atoms with Gasteiger partial charge in [-0.2, -0.15) is 4.72 Å². The van der Waals surface area contributed by atoms with E-state index in [4.69, 9.17) is 16.2 Å². The summed E-state index contributed by atoms with van der Waals surface area (Å²) in [6.07, 6.45) is 0.0557. The Kier molecular flexibility index (Phi) is 7.90. The summed E-state index contributed by atoms with van der Waals surface area (Å²) in [7, 11) is -4.01. The Morgan fingerprint density at radius 3 is 2.59 bits per heavy atom. The molecule has 3 rings (SSSR count). The number of benzene rings is 2. The number of carbonyl (C=O) groups excluding carboxylic acids is 1. The van der Waals surface area contributed by atoms with E-state index in [0.717, 1.165) is 5.56 Å². The Balaban J connectivity index is 1.88. The second-order valence-electron chi connectivity index (χ2n) is 8.38. The van der Waals surface area contributed by atoms with E-state index in [2.05, 4.69) is 10.0 Å². The van der Waals surface area contributed by atoms with Gasteiger partial charge in [0.15, 0.2) is 0 Å². The third kappa shape index (κ3) is 6.55. The van der Waals surface area contributed by atoms with Crippen LogP contribution in [0.1, 0.15) is 29.5 Å². The average Bonchev–Trinajstić information content (AvgIpc) is 2.78. The number of nitrogen functional groups attached to an aromatic ring is 1. The maximum Gasteiger partial charge on any atom is 0.404 e. The molecule has 1 heterocycles. The van der Waals surface area contributed by atoms with Crippen LogP contribution >= 0.6 is 0 Å². The highest BCUT2D eigenvalue weighted by Crippen LogP contribution is 2.17. The molecule has 182 valence electrons. The van der Waals surface area contributed by atoms with Crippen molar-refractivity contribution in [2.75, 3.05) is 13.1 Å². The van der Waals surface area contributed by atoms with Crippen LogP contribution in [-0.4, -0.2) is 61.4 Å². The second-order valence-corrected chi connectivity index (χ2v) is 10.1. The Hall–Kier alpha value is -3.44. The molecule has 0 aromatic heterocycles. The van der Waals surface area contributed by atoms with E-state index >= 15 is 0 Å². The van der Waals surface area contributed by atoms with E-state index in [1.165, 1.54) is 17.0 Å². The molecule has 2 aromatic rings. The zero-order valence-corrected chi connectivity index (χ0v) is 19.6. The van der Waals surface area contributed by atoms with Crippen LogP contribution in [-0.2, 0) is 21.2 Å². The van der Waals surface area contributed by atoms with Crippen molar-refractivity contribution in [1.82, 2.24) is 14.9 Å². The minimum atomic E-state index is -4.01. The molecule has 1 unspecified atom stereocenters. The molecule has 1 fully saturated rings. The van der Waals surface area contributed by atoms with Gasteiger partial charge < -0.3 is 21.1 Å². The first-order chi connectivity index (χ1) is 16.0. The molecule has 1 aliphatic rings. The summed E-state index contributed by atoms with van der Waals surface area (Å²) >= 11 is 0. The Morgan fingerprint density at radius 2 is 1.94 bits per heavy atom. The fraction of sp³-hybridized carbons (Fsp3) is 0.348. The van der Waals surface area contributed by atoms with Gasteiger partial charge in [-0.3, -0.25) is 10.2 Å². The molecule has 10 nitrogen and oxygen atoms in total. The number of carboxylic acid groups (broad SMARTS) is 1. The number of likely N-dealkylation sites (tertiary alicyclic amines) is 1. The van der Waals surface area contributed by atoms with Crippen molar-refractivity contribution in [3.05, 3.63) is 65.2 Å². The third-order valence-corrected chi connectivity index (χ3v) is 7.15. The number of hydrogen-bond donors (Lipinski definition) is 5. The van der Waals surface area contributed by atoms with Gasteiger partial charge >= 0.3 is 6.09 Å². The molecular weight excluding hydrogens is 458 g/mol. The molecule has 0 saturated carbocycles. The molecule has 34 heavy (non-hydrogen) atoms. The topological polar surface area (TPSA) is 166 Å². The van der Waals surface area contributed by atoms with E-state index in [0.29, 0.717) is 30.5 Å². The molecule has 1 aliphatic heterocycles. The summed E-state index contributed by atoms with van der Waals surface area (Å²) in [6, 6.07) is 11.5. The maximum absolute atomic E-state index is 13.5. The smallest absolute Gasteiger partial charge is 0.404 e. The average molecular weight is 488 g/mol. The first kappa shape index (κ1) is 25.2. The highest BCUT2D eigenvalue weighted by molar-refractivity contribution is 7.89. The van der Waals surface area contributed by atoms with Crippen LogP contribution in [0.2, 0.25) is 0 Å². The molecule has 2 aromatic carbocycles. The van der Waals surface area contributed by atoms with E-state index < -0.39 is 34.1 Å². The summed E-state index contributed by atoms with van der Waals surface area (Å²) < 4.78 is 28.7. The number of amidine groups is 1. The summed E-state index contributed by atoms with van der Waals surface area (Å²) in [5.41, 5.74) is 7.58. The van der Waals surface area contributed by atoms with Gasteiger partial charge in [0, 0.05) is 24.7 Å². The molecule has 0 bridgehead atoms. The lowest BCUT2D eigenvalue weighted by atomic mass is 10.0. The minimum Gasteiger partial charge on any atom is -0.465 e. The molecule has 6 N–H and O–H groups in total. The van der Waals surface area contributed by atoms with Crippen LogP contribution in [0.4, 0.5) is 4.79 Å². The highest BCUT2D eigenvalue weighted by atomic mass is 32.2. The SMILES string of the molecule is Cc1ccc(S(=O)(=O)NC(Cc2cccc(C(=N)N)c2)C(=O)N2CCC[C@H](NC(=O)O)C2)cc1. The standard InChI is InChI=1S/C23H29N5O5S/c1-15-7-9-19(10-8-15)34(32,33)27-20(13-16-4-2-5-17(12-16)21(24)25)22(29)28-11-3-6-18(14-28)26-23(30)31/h2,4-5,7-10,12,18,20,26-27H,3,6,11,13-14H2,1H3,(H3,24,25)(H,30,31)/t18-,20?/m0/s1. The number of sulfonamides is 1. The van der Waals surface area contributed by atoms with Gasteiger partial charge in [0.2, 0.25) is 15.9 Å². The molecule has 2 amide bonds. The van der Waals surface area contributed by atoms with E-state index in [9.17, 15) is 18.0 Å². The Bertz CT molecular complexity index is 1170. The largest absolute Gasteiger partial charge is 0.465 e. The van der Waals surface area contributed by atoms with Gasteiger partial charge in [0.05, 0.1) is 4.90 Å². The fourth-order valence-corrected chi connectivity index (χ4v) is 5.13. The summed E-state index contributed by atoms with van der Waals surface area (Å²) in [5, 5.41) is 19.1. The first-order valence-corrected chi connectivity index (χ1v) is 12.3.